The first kappa shape index (κ1) is 51.6. The maximum atomic E-state index is 12.2. The van der Waals surface area contributed by atoms with Crippen molar-refractivity contribution in [3.05, 3.63) is 150 Å². The van der Waals surface area contributed by atoms with E-state index in [1.165, 1.54) is 24.3 Å². The average Bonchev–Trinajstić information content (AvgIpc) is 3.38. The van der Waals surface area contributed by atoms with Gasteiger partial charge in [-0.15, -0.1) is 0 Å². The number of aromatic nitrogens is 3. The van der Waals surface area contributed by atoms with Crippen LogP contribution in [0.5, 0.6) is 46.0 Å². The SMILES string of the molecule is O=Cc1ccc(OCCCCOc2ccc(Nc3nc(Nc4ccc(OCCCCOC(=O)c5cc(O)cc(O)c5)cc4)nc(Nc4ccc(OCCCCOC(=O)c5cc(O)cc(O)c5)cc4)n3)cc2)cc1. The zero-order valence-electron chi connectivity index (χ0n) is 39.6. The topological polar surface area (TPSA) is 262 Å². The highest BCUT2D eigenvalue weighted by molar-refractivity contribution is 5.91. The van der Waals surface area contributed by atoms with Gasteiger partial charge in [0, 0.05) is 34.8 Å². The summed E-state index contributed by atoms with van der Waals surface area (Å²) < 4.78 is 34.0. The molecule has 0 bridgehead atoms. The van der Waals surface area contributed by atoms with E-state index in [4.69, 9.17) is 28.4 Å². The summed E-state index contributed by atoms with van der Waals surface area (Å²) in [6.07, 6.45) is 4.66. The minimum atomic E-state index is -0.646. The van der Waals surface area contributed by atoms with E-state index < -0.39 is 11.9 Å². The molecule has 7 aromatic rings. The lowest BCUT2D eigenvalue weighted by molar-refractivity contribution is 0.0484. The molecule has 73 heavy (non-hydrogen) atoms. The van der Waals surface area contributed by atoms with Gasteiger partial charge in [-0.1, -0.05) is 0 Å². The summed E-state index contributed by atoms with van der Waals surface area (Å²) in [6.45, 7) is 2.07. The number of aromatic hydroxyl groups is 4. The second-order valence-electron chi connectivity index (χ2n) is 16.2. The van der Waals surface area contributed by atoms with Gasteiger partial charge in [-0.3, -0.25) is 4.79 Å². The average molecular weight is 995 g/mol. The van der Waals surface area contributed by atoms with E-state index in [1.807, 2.05) is 48.5 Å². The number of phenols is 4. The Morgan fingerprint density at radius 2 is 0.671 bits per heavy atom. The number of nitrogens with zero attached hydrogens (tertiary/aromatic N) is 3. The molecular weight excluding hydrogens is 941 g/mol. The first-order chi connectivity index (χ1) is 35.5. The van der Waals surface area contributed by atoms with Crippen LogP contribution >= 0.6 is 0 Å². The summed E-state index contributed by atoms with van der Waals surface area (Å²) >= 11 is 0. The van der Waals surface area contributed by atoms with Gasteiger partial charge in [0.05, 0.1) is 50.8 Å². The molecule has 0 saturated carbocycles. The summed E-state index contributed by atoms with van der Waals surface area (Å²) in [5, 5.41) is 48.2. The molecule has 0 saturated heterocycles. The number of carbonyl (C=O) groups excluding carboxylic acids is 3. The van der Waals surface area contributed by atoms with Crippen molar-refractivity contribution in [1.29, 1.82) is 0 Å². The maximum absolute atomic E-state index is 12.2. The van der Waals surface area contributed by atoms with E-state index in [1.54, 1.807) is 48.5 Å². The Bertz CT molecular complexity index is 2710. The lowest BCUT2D eigenvalue weighted by atomic mass is 10.2. The Morgan fingerprint density at radius 3 is 0.959 bits per heavy atom. The van der Waals surface area contributed by atoms with Crippen molar-refractivity contribution in [2.45, 2.75) is 38.5 Å². The highest BCUT2D eigenvalue weighted by Crippen LogP contribution is 2.26. The van der Waals surface area contributed by atoms with E-state index in [0.29, 0.717) is 97.7 Å². The fraction of sp³-hybridized carbons (Fsp3) is 0.222. The molecular formula is C54H54N6O13. The predicted octanol–water partition coefficient (Wildman–Crippen LogP) is 10.0. The van der Waals surface area contributed by atoms with Gasteiger partial charge in [-0.25, -0.2) is 9.59 Å². The molecule has 0 aliphatic heterocycles. The lowest BCUT2D eigenvalue weighted by Crippen LogP contribution is -2.08. The molecule has 0 fully saturated rings. The van der Waals surface area contributed by atoms with Crippen LogP contribution in [0.15, 0.2) is 133 Å². The van der Waals surface area contributed by atoms with E-state index in [2.05, 4.69) is 30.9 Å². The molecule has 1 aromatic heterocycles. The molecule has 0 unspecified atom stereocenters. The number of esters is 2. The van der Waals surface area contributed by atoms with Gasteiger partial charge in [0.15, 0.2) is 0 Å². The smallest absolute Gasteiger partial charge is 0.338 e. The Hall–Kier alpha value is -9.26. The second kappa shape index (κ2) is 26.6. The number of benzene rings is 6. The van der Waals surface area contributed by atoms with Gasteiger partial charge < -0.3 is 64.8 Å². The maximum Gasteiger partial charge on any atom is 0.338 e. The number of unbranched alkanes of at least 4 members (excludes halogenated alkanes) is 3. The number of hydrogen-bond acceptors (Lipinski definition) is 19. The third-order valence-electron chi connectivity index (χ3n) is 10.4. The molecule has 6 aromatic carbocycles. The zero-order chi connectivity index (χ0) is 51.2. The van der Waals surface area contributed by atoms with Gasteiger partial charge in [0.1, 0.15) is 52.3 Å². The van der Waals surface area contributed by atoms with Crippen LogP contribution in [0.3, 0.4) is 0 Å². The fourth-order valence-electron chi connectivity index (χ4n) is 6.77. The van der Waals surface area contributed by atoms with E-state index in [0.717, 1.165) is 31.3 Å². The quantitative estimate of drug-likeness (QED) is 0.0137. The van der Waals surface area contributed by atoms with Crippen LogP contribution in [0.2, 0.25) is 0 Å². The Balaban J connectivity index is 0.901. The normalized spacial score (nSPS) is 10.7. The number of ether oxygens (including phenoxy) is 6. The van der Waals surface area contributed by atoms with Gasteiger partial charge in [-0.2, -0.15) is 15.0 Å². The van der Waals surface area contributed by atoms with Gasteiger partial charge in [-0.05, 0) is 160 Å². The molecule has 1 heterocycles. The summed E-state index contributed by atoms with van der Waals surface area (Å²) in [4.78, 5) is 49.3. The Kier molecular flexibility index (Phi) is 18.8. The molecule has 19 heteroatoms. The van der Waals surface area contributed by atoms with E-state index in [-0.39, 0.29) is 65.2 Å². The highest BCUT2D eigenvalue weighted by atomic mass is 16.5. The third kappa shape index (κ3) is 17.3. The van der Waals surface area contributed by atoms with Crippen LogP contribution in [0.1, 0.15) is 69.6 Å². The van der Waals surface area contributed by atoms with E-state index >= 15 is 0 Å². The van der Waals surface area contributed by atoms with Crippen molar-refractivity contribution in [2.75, 3.05) is 55.6 Å². The van der Waals surface area contributed by atoms with Crippen LogP contribution in [-0.2, 0) is 9.47 Å². The molecule has 7 N–H and O–H groups in total. The number of phenolic OH excluding ortho intramolecular Hbond substituents is 4. The monoisotopic (exact) mass is 994 g/mol. The fourth-order valence-corrected chi connectivity index (χ4v) is 6.77. The van der Waals surface area contributed by atoms with Crippen LogP contribution in [0.25, 0.3) is 0 Å². The van der Waals surface area contributed by atoms with Crippen molar-refractivity contribution in [3.8, 4) is 46.0 Å². The lowest BCUT2D eigenvalue weighted by Gasteiger charge is -2.13. The number of nitrogens with one attached hydrogen (secondary N) is 3. The van der Waals surface area contributed by atoms with Gasteiger partial charge in [0.25, 0.3) is 0 Å². The zero-order valence-corrected chi connectivity index (χ0v) is 39.6. The van der Waals surface area contributed by atoms with Crippen molar-refractivity contribution < 1.29 is 63.2 Å². The summed E-state index contributed by atoms with van der Waals surface area (Å²) in [7, 11) is 0. The molecule has 0 radical (unpaired) electrons. The van der Waals surface area contributed by atoms with Crippen LogP contribution in [-0.4, -0.2) is 93.2 Å². The first-order valence-corrected chi connectivity index (χ1v) is 23.4. The van der Waals surface area contributed by atoms with E-state index in [9.17, 15) is 34.8 Å². The molecule has 0 aliphatic rings. The van der Waals surface area contributed by atoms with Crippen LogP contribution in [0.4, 0.5) is 34.9 Å². The number of aldehydes is 1. The summed E-state index contributed by atoms with van der Waals surface area (Å²) in [5.41, 5.74) is 2.78. The Labute approximate surface area is 420 Å². The number of rotatable bonds is 28. The molecule has 19 nitrogen and oxygen atoms in total. The summed E-state index contributed by atoms with van der Waals surface area (Å²) in [5.74, 6) is 1.19. The van der Waals surface area contributed by atoms with Crippen molar-refractivity contribution in [3.63, 3.8) is 0 Å². The molecule has 0 aliphatic carbocycles. The number of anilines is 6. The minimum Gasteiger partial charge on any atom is -0.508 e. The largest absolute Gasteiger partial charge is 0.508 e. The molecule has 378 valence electrons. The van der Waals surface area contributed by atoms with Crippen molar-refractivity contribution >= 4 is 53.1 Å². The minimum absolute atomic E-state index is 0.0583. The molecule has 7 rings (SSSR count). The summed E-state index contributed by atoms with van der Waals surface area (Å²) in [6, 6.07) is 36.0. The number of hydrogen-bond donors (Lipinski definition) is 7. The van der Waals surface area contributed by atoms with Gasteiger partial charge >= 0.3 is 11.9 Å². The molecule has 0 amide bonds. The van der Waals surface area contributed by atoms with Crippen LogP contribution in [0, 0.1) is 0 Å². The van der Waals surface area contributed by atoms with Crippen molar-refractivity contribution in [1.82, 2.24) is 15.0 Å². The van der Waals surface area contributed by atoms with Gasteiger partial charge in [0.2, 0.25) is 17.8 Å². The van der Waals surface area contributed by atoms with Crippen molar-refractivity contribution in [2.24, 2.45) is 0 Å². The Morgan fingerprint density at radius 1 is 0.397 bits per heavy atom. The number of carbonyl (C=O) groups is 3. The second-order valence-corrected chi connectivity index (χ2v) is 16.2. The van der Waals surface area contributed by atoms with Crippen LogP contribution < -0.4 is 34.9 Å². The third-order valence-corrected chi connectivity index (χ3v) is 10.4. The predicted molar refractivity (Wildman–Crippen MR) is 271 cm³/mol. The molecule has 0 atom stereocenters. The standard InChI is InChI=1S/C54H54N6O13/c61-35-36-7-15-46(16-8-36)68-23-1-2-24-69-47-17-9-39(10-18-47)55-52-58-53(56-40-11-19-48(20-12-40)70-25-3-5-27-72-50(66)37-29-42(62)33-43(63)30-37)60-54(59-52)57-41-13-21-49(22-14-41)71-26-4-6-28-73-51(67)38-31-44(64)34-45(65)32-38/h7-22,29-35,62-65H,1-6,23-28H2,(H3,55,56,57,58,59,60). The first-order valence-electron chi connectivity index (χ1n) is 23.4. The molecule has 0 spiro atoms. The highest BCUT2D eigenvalue weighted by Gasteiger charge is 2.13.